The second-order valence-electron chi connectivity index (χ2n) is 4.22. The fraction of sp³-hybridized carbons (Fsp3) is 0.538. The predicted octanol–water partition coefficient (Wildman–Crippen LogP) is 2.07. The zero-order valence-corrected chi connectivity index (χ0v) is 11.6. The molecule has 96 valence electrons. The van der Waals surface area contributed by atoms with Gasteiger partial charge in [0.2, 0.25) is 0 Å². The Morgan fingerprint density at radius 1 is 1.47 bits per heavy atom. The van der Waals surface area contributed by atoms with E-state index in [0.29, 0.717) is 6.54 Å². The van der Waals surface area contributed by atoms with Crippen molar-refractivity contribution in [1.29, 1.82) is 0 Å². The van der Waals surface area contributed by atoms with Crippen molar-refractivity contribution in [1.82, 2.24) is 0 Å². The minimum atomic E-state index is -0.262. The van der Waals surface area contributed by atoms with Gasteiger partial charge in [0.15, 0.2) is 0 Å². The third-order valence-electron chi connectivity index (χ3n) is 2.83. The molecule has 1 aromatic rings. The highest BCUT2D eigenvalue weighted by Gasteiger charge is 2.10. The predicted molar refractivity (Wildman–Crippen MR) is 75.7 cm³/mol. The van der Waals surface area contributed by atoms with Crippen molar-refractivity contribution in [3.63, 3.8) is 0 Å². The van der Waals surface area contributed by atoms with E-state index >= 15 is 0 Å². The average molecular weight is 254 g/mol. The molecule has 1 unspecified atom stereocenters. The topological polar surface area (TPSA) is 49.5 Å². The molecule has 0 saturated carbocycles. The van der Waals surface area contributed by atoms with Crippen molar-refractivity contribution in [2.24, 2.45) is 5.73 Å². The smallest absolute Gasteiger partial charge is 0.0528 e. The Labute approximate surface area is 108 Å². The van der Waals surface area contributed by atoms with E-state index in [-0.39, 0.29) is 6.10 Å². The van der Waals surface area contributed by atoms with Crippen molar-refractivity contribution in [3.05, 3.63) is 23.8 Å². The van der Waals surface area contributed by atoms with Crippen LogP contribution in [-0.4, -0.2) is 31.1 Å². The quantitative estimate of drug-likeness (QED) is 0.763. The lowest BCUT2D eigenvalue weighted by molar-refractivity contribution is 0.187. The van der Waals surface area contributed by atoms with Crippen LogP contribution in [0.25, 0.3) is 0 Å². The van der Waals surface area contributed by atoms with Gasteiger partial charge in [-0.2, -0.15) is 0 Å². The zero-order valence-electron chi connectivity index (χ0n) is 10.8. The van der Waals surface area contributed by atoms with E-state index < -0.39 is 0 Å². The van der Waals surface area contributed by atoms with E-state index in [0.717, 1.165) is 13.0 Å². The van der Waals surface area contributed by atoms with Crippen molar-refractivity contribution < 1.29 is 5.11 Å². The van der Waals surface area contributed by atoms with Crippen LogP contribution in [0, 0.1) is 0 Å². The van der Waals surface area contributed by atoms with E-state index in [1.54, 1.807) is 11.8 Å². The standard InChI is InChI=1S/C13H22N2OS/c1-10(16)7-8-15(2)12-5-4-6-13(17-3)11(12)9-14/h4-6,10,16H,7-9,14H2,1-3H3. The summed E-state index contributed by atoms with van der Waals surface area (Å²) in [4.78, 5) is 3.39. The van der Waals surface area contributed by atoms with Crippen molar-refractivity contribution in [2.45, 2.75) is 30.9 Å². The molecule has 0 aliphatic carbocycles. The van der Waals surface area contributed by atoms with Crippen LogP contribution in [0.15, 0.2) is 23.1 Å². The third-order valence-corrected chi connectivity index (χ3v) is 3.65. The maximum atomic E-state index is 9.32. The molecule has 4 heteroatoms. The Bertz CT molecular complexity index is 355. The molecule has 0 radical (unpaired) electrons. The summed E-state index contributed by atoms with van der Waals surface area (Å²) in [5, 5.41) is 9.32. The number of nitrogens with zero attached hydrogens (tertiary/aromatic N) is 1. The number of hydrogen-bond donors (Lipinski definition) is 2. The third kappa shape index (κ3) is 3.91. The lowest BCUT2D eigenvalue weighted by Crippen LogP contribution is -2.23. The summed E-state index contributed by atoms with van der Waals surface area (Å²) in [7, 11) is 2.04. The van der Waals surface area contributed by atoms with Gasteiger partial charge < -0.3 is 15.7 Å². The van der Waals surface area contributed by atoms with Crippen LogP contribution in [0.3, 0.4) is 0 Å². The molecule has 0 aromatic heterocycles. The van der Waals surface area contributed by atoms with Gasteiger partial charge in [0, 0.05) is 36.3 Å². The molecule has 0 aliphatic heterocycles. The molecular formula is C13H22N2OS. The highest BCUT2D eigenvalue weighted by atomic mass is 32.2. The van der Waals surface area contributed by atoms with Gasteiger partial charge in [-0.15, -0.1) is 11.8 Å². The van der Waals surface area contributed by atoms with Crippen molar-refractivity contribution in [2.75, 3.05) is 24.7 Å². The van der Waals surface area contributed by atoms with E-state index in [1.165, 1.54) is 16.1 Å². The van der Waals surface area contributed by atoms with Gasteiger partial charge in [0.1, 0.15) is 0 Å². The molecule has 0 amide bonds. The number of rotatable bonds is 6. The summed E-state index contributed by atoms with van der Waals surface area (Å²) in [5.74, 6) is 0. The molecule has 17 heavy (non-hydrogen) atoms. The Kier molecular flexibility index (Phi) is 5.82. The molecule has 3 N–H and O–H groups in total. The van der Waals surface area contributed by atoms with E-state index in [4.69, 9.17) is 5.73 Å². The van der Waals surface area contributed by atoms with E-state index in [2.05, 4.69) is 29.4 Å². The zero-order chi connectivity index (χ0) is 12.8. The lowest BCUT2D eigenvalue weighted by atomic mass is 10.1. The molecular weight excluding hydrogens is 232 g/mol. The second-order valence-corrected chi connectivity index (χ2v) is 5.07. The highest BCUT2D eigenvalue weighted by molar-refractivity contribution is 7.98. The molecule has 1 aromatic carbocycles. The number of thioether (sulfide) groups is 1. The summed E-state index contributed by atoms with van der Waals surface area (Å²) in [6, 6.07) is 6.24. The summed E-state index contributed by atoms with van der Waals surface area (Å²) >= 11 is 1.72. The summed E-state index contributed by atoms with van der Waals surface area (Å²) < 4.78 is 0. The molecule has 1 atom stereocenters. The molecule has 0 heterocycles. The van der Waals surface area contributed by atoms with Crippen molar-refractivity contribution >= 4 is 17.4 Å². The lowest BCUT2D eigenvalue weighted by Gasteiger charge is -2.24. The normalized spacial score (nSPS) is 12.5. The number of benzene rings is 1. The highest BCUT2D eigenvalue weighted by Crippen LogP contribution is 2.28. The maximum absolute atomic E-state index is 9.32. The average Bonchev–Trinajstić information content (AvgIpc) is 2.34. The van der Waals surface area contributed by atoms with Gasteiger partial charge in [0.25, 0.3) is 0 Å². The summed E-state index contributed by atoms with van der Waals surface area (Å²) in [5.41, 5.74) is 8.19. The molecule has 0 saturated heterocycles. The van der Waals surface area contributed by atoms with E-state index in [9.17, 15) is 5.11 Å². The first-order valence-electron chi connectivity index (χ1n) is 5.85. The molecule has 0 aliphatic rings. The molecule has 3 nitrogen and oxygen atoms in total. The van der Waals surface area contributed by atoms with E-state index in [1.807, 2.05) is 14.0 Å². The number of nitrogens with two attached hydrogens (primary N) is 1. The van der Waals surface area contributed by atoms with Gasteiger partial charge in [0.05, 0.1) is 6.10 Å². The van der Waals surface area contributed by atoms with Crippen LogP contribution in [0.5, 0.6) is 0 Å². The van der Waals surface area contributed by atoms with Crippen LogP contribution in [0.4, 0.5) is 5.69 Å². The number of aliphatic hydroxyl groups excluding tert-OH is 1. The van der Waals surface area contributed by atoms with Gasteiger partial charge in [-0.05, 0) is 31.7 Å². The van der Waals surface area contributed by atoms with Gasteiger partial charge in [-0.3, -0.25) is 0 Å². The van der Waals surface area contributed by atoms with Crippen LogP contribution in [0.1, 0.15) is 18.9 Å². The van der Waals surface area contributed by atoms with Gasteiger partial charge in [-0.1, -0.05) is 6.07 Å². The largest absolute Gasteiger partial charge is 0.393 e. The Hall–Kier alpha value is -0.710. The number of hydrogen-bond acceptors (Lipinski definition) is 4. The van der Waals surface area contributed by atoms with Crippen LogP contribution in [-0.2, 0) is 6.54 Å². The minimum absolute atomic E-state index is 0.262. The summed E-state index contributed by atoms with van der Waals surface area (Å²) in [6.07, 6.45) is 2.57. The maximum Gasteiger partial charge on any atom is 0.0528 e. The molecule has 0 spiro atoms. The van der Waals surface area contributed by atoms with Gasteiger partial charge in [-0.25, -0.2) is 0 Å². The SMILES string of the molecule is CSc1cccc(N(C)CCC(C)O)c1CN. The monoisotopic (exact) mass is 254 g/mol. The fourth-order valence-electron chi connectivity index (χ4n) is 1.81. The van der Waals surface area contributed by atoms with Gasteiger partial charge >= 0.3 is 0 Å². The Balaban J connectivity index is 2.88. The Morgan fingerprint density at radius 2 is 2.18 bits per heavy atom. The first kappa shape index (κ1) is 14.4. The van der Waals surface area contributed by atoms with Crippen molar-refractivity contribution in [3.8, 4) is 0 Å². The molecule has 1 rings (SSSR count). The molecule has 0 fully saturated rings. The second kappa shape index (κ2) is 6.89. The fourth-order valence-corrected chi connectivity index (χ4v) is 2.46. The van der Waals surface area contributed by atoms with Crippen LogP contribution >= 0.6 is 11.8 Å². The minimum Gasteiger partial charge on any atom is -0.393 e. The first-order valence-corrected chi connectivity index (χ1v) is 7.07. The first-order chi connectivity index (χ1) is 8.10. The van der Waals surface area contributed by atoms with Crippen LogP contribution in [0.2, 0.25) is 0 Å². The Morgan fingerprint density at radius 3 is 2.71 bits per heavy atom. The van der Waals surface area contributed by atoms with Crippen LogP contribution < -0.4 is 10.6 Å². The number of aliphatic hydroxyl groups is 1. The number of anilines is 1. The molecule has 0 bridgehead atoms. The summed E-state index contributed by atoms with van der Waals surface area (Å²) in [6.45, 7) is 3.20.